The van der Waals surface area contributed by atoms with Crippen LogP contribution in [0.4, 0.5) is 0 Å². The number of hydrogen-bond acceptors (Lipinski definition) is 2. The number of unbranched alkanes of at least 4 members (excludes halogenated alkanes) is 1. The second kappa shape index (κ2) is 9.26. The fourth-order valence-electron chi connectivity index (χ4n) is 4.73. The van der Waals surface area contributed by atoms with E-state index in [1.165, 1.54) is 0 Å². The van der Waals surface area contributed by atoms with Gasteiger partial charge in [-0.3, -0.25) is 0 Å². The second-order valence-electron chi connectivity index (χ2n) is 7.40. The third-order valence-corrected chi connectivity index (χ3v) is 13.2. The van der Waals surface area contributed by atoms with Crippen LogP contribution in [0.1, 0.15) is 67.7 Å². The van der Waals surface area contributed by atoms with E-state index in [0.29, 0.717) is 16.6 Å². The van der Waals surface area contributed by atoms with Gasteiger partial charge in [-0.25, -0.2) is 9.59 Å². The van der Waals surface area contributed by atoms with Crippen molar-refractivity contribution in [2.75, 3.05) is 0 Å². The molecule has 134 valence electrons. The van der Waals surface area contributed by atoms with Crippen LogP contribution < -0.4 is 0 Å². The van der Waals surface area contributed by atoms with E-state index in [1.807, 2.05) is 0 Å². The Morgan fingerprint density at radius 2 is 1.39 bits per heavy atom. The summed E-state index contributed by atoms with van der Waals surface area (Å²) in [6.45, 7) is 15.2. The number of carboxylic acids is 2. The molecule has 0 aliphatic heterocycles. The van der Waals surface area contributed by atoms with Gasteiger partial charge in [0.05, 0.1) is 8.07 Å². The Kier molecular flexibility index (Phi) is 8.81. The molecule has 0 radical (unpaired) electrons. The second-order valence-corrected chi connectivity index (χ2v) is 13.6. The van der Waals surface area contributed by atoms with E-state index in [9.17, 15) is 14.7 Å². The first-order valence-electron chi connectivity index (χ1n) is 8.71. The molecule has 0 spiro atoms. The Bertz CT molecular complexity index is 417. The molecule has 0 amide bonds. The average molecular weight is 343 g/mol. The Hall–Kier alpha value is -1.10. The van der Waals surface area contributed by atoms with Crippen molar-refractivity contribution in [1.29, 1.82) is 0 Å². The summed E-state index contributed by atoms with van der Waals surface area (Å²) >= 11 is 0. The molecule has 2 N–H and O–H groups in total. The third-order valence-electron chi connectivity index (χ3n) is 5.35. The first-order valence-corrected chi connectivity index (χ1v) is 11.0. The van der Waals surface area contributed by atoms with Crippen LogP contribution >= 0.6 is 0 Å². The highest BCUT2D eigenvalue weighted by Gasteiger charge is 2.50. The lowest BCUT2D eigenvalue weighted by Crippen LogP contribution is -2.50. The van der Waals surface area contributed by atoms with Gasteiger partial charge in [0.15, 0.2) is 0 Å². The molecule has 1 unspecified atom stereocenters. The molecule has 0 aliphatic carbocycles. The molecule has 1 atom stereocenters. The number of carbonyl (C=O) groups is 2. The minimum absolute atomic E-state index is 0.105. The van der Waals surface area contributed by atoms with Gasteiger partial charge in [0, 0.05) is 11.6 Å². The summed E-state index contributed by atoms with van der Waals surface area (Å²) in [6, 6.07) is 0. The van der Waals surface area contributed by atoms with Gasteiger partial charge in [-0.2, -0.15) is 0 Å². The number of hydrogen-bond donors (Lipinski definition) is 2. The van der Waals surface area contributed by atoms with Crippen molar-refractivity contribution in [2.45, 2.75) is 89.9 Å². The van der Waals surface area contributed by atoms with Gasteiger partial charge in [-0.05, 0) is 12.0 Å². The first-order chi connectivity index (χ1) is 10.5. The fraction of sp³-hybridized carbons (Fsp3) is 0.778. The van der Waals surface area contributed by atoms with E-state index in [2.05, 4.69) is 48.5 Å². The molecule has 23 heavy (non-hydrogen) atoms. The zero-order valence-electron chi connectivity index (χ0n) is 15.7. The van der Waals surface area contributed by atoms with Crippen molar-refractivity contribution in [3.8, 4) is 0 Å². The largest absolute Gasteiger partial charge is 0.478 e. The maximum Gasteiger partial charge on any atom is 0.331 e. The Morgan fingerprint density at radius 1 is 0.957 bits per heavy atom. The third kappa shape index (κ3) is 4.93. The lowest BCUT2D eigenvalue weighted by atomic mass is 10.1. The molecule has 4 nitrogen and oxygen atoms in total. The summed E-state index contributed by atoms with van der Waals surface area (Å²) in [5, 5.41) is 18.9. The smallest absolute Gasteiger partial charge is 0.331 e. The Morgan fingerprint density at radius 3 is 1.65 bits per heavy atom. The summed E-state index contributed by atoms with van der Waals surface area (Å²) in [4.78, 5) is 23.0. The monoisotopic (exact) mass is 342 g/mol. The fourth-order valence-corrected chi connectivity index (χ4v) is 12.6. The van der Waals surface area contributed by atoms with Crippen LogP contribution in [0.25, 0.3) is 0 Å². The topological polar surface area (TPSA) is 74.6 Å². The van der Waals surface area contributed by atoms with Gasteiger partial charge in [0.2, 0.25) is 0 Å². The van der Waals surface area contributed by atoms with Crippen LogP contribution in [-0.2, 0) is 9.59 Å². The number of aliphatic carboxylic acids is 2. The lowest BCUT2D eigenvalue weighted by molar-refractivity contribution is -0.135. The zero-order valence-corrected chi connectivity index (χ0v) is 16.7. The van der Waals surface area contributed by atoms with Gasteiger partial charge < -0.3 is 10.2 Å². The predicted molar refractivity (Wildman–Crippen MR) is 97.7 cm³/mol. The van der Waals surface area contributed by atoms with Crippen molar-refractivity contribution in [2.24, 2.45) is 0 Å². The number of carboxylic acid groups (broad SMARTS) is 2. The molecular weight excluding hydrogens is 308 g/mol. The standard InChI is InChI=1S/C18H34O4Si/c1-8-9-10-16(15(18(21)22)11-17(19)20)23(12(2)3,13(4)5)14(6)7/h11-14,16H,8-10H2,1-7H3,(H,19,20)(H,21,22)/b15-11-. The van der Waals surface area contributed by atoms with Gasteiger partial charge >= 0.3 is 11.9 Å². The van der Waals surface area contributed by atoms with Gasteiger partial charge in [-0.15, -0.1) is 0 Å². The maximum absolute atomic E-state index is 11.8. The van der Waals surface area contributed by atoms with E-state index in [4.69, 9.17) is 5.11 Å². The highest BCUT2D eigenvalue weighted by Crippen LogP contribution is 2.53. The molecule has 0 fully saturated rings. The van der Waals surface area contributed by atoms with Crippen LogP contribution in [-0.4, -0.2) is 30.2 Å². The molecular formula is C18H34O4Si. The van der Waals surface area contributed by atoms with Crippen LogP contribution in [0.2, 0.25) is 22.2 Å². The van der Waals surface area contributed by atoms with E-state index in [0.717, 1.165) is 25.3 Å². The van der Waals surface area contributed by atoms with E-state index in [-0.39, 0.29) is 11.1 Å². The van der Waals surface area contributed by atoms with E-state index in [1.54, 1.807) is 0 Å². The zero-order chi connectivity index (χ0) is 18.4. The van der Waals surface area contributed by atoms with Crippen molar-refractivity contribution >= 4 is 20.0 Å². The molecule has 0 heterocycles. The minimum atomic E-state index is -2.10. The average Bonchev–Trinajstić information content (AvgIpc) is 2.39. The summed E-state index contributed by atoms with van der Waals surface area (Å²) < 4.78 is 0. The normalized spacial score (nSPS) is 14.6. The molecule has 0 rings (SSSR count). The van der Waals surface area contributed by atoms with Crippen LogP contribution in [0.15, 0.2) is 11.6 Å². The van der Waals surface area contributed by atoms with Crippen LogP contribution in [0.3, 0.4) is 0 Å². The number of rotatable bonds is 10. The van der Waals surface area contributed by atoms with Crippen molar-refractivity contribution in [3.63, 3.8) is 0 Å². The van der Waals surface area contributed by atoms with Gasteiger partial charge in [0.1, 0.15) is 0 Å². The van der Waals surface area contributed by atoms with Crippen molar-refractivity contribution < 1.29 is 19.8 Å². The Labute approximate surface area is 142 Å². The van der Waals surface area contributed by atoms with Crippen LogP contribution in [0.5, 0.6) is 0 Å². The molecule has 0 saturated heterocycles. The quantitative estimate of drug-likeness (QED) is 0.416. The van der Waals surface area contributed by atoms with Crippen molar-refractivity contribution in [1.82, 2.24) is 0 Å². The van der Waals surface area contributed by atoms with Gasteiger partial charge in [-0.1, -0.05) is 77.9 Å². The minimum Gasteiger partial charge on any atom is -0.478 e. The van der Waals surface area contributed by atoms with Crippen LogP contribution in [0, 0.1) is 0 Å². The lowest BCUT2D eigenvalue weighted by Gasteiger charge is -2.49. The predicted octanol–water partition coefficient (Wildman–Crippen LogP) is 5.32. The molecule has 0 bridgehead atoms. The molecule has 0 aromatic heterocycles. The highest BCUT2D eigenvalue weighted by molar-refractivity contribution is 6.85. The van der Waals surface area contributed by atoms with E-state index >= 15 is 0 Å². The molecule has 0 aromatic rings. The van der Waals surface area contributed by atoms with Crippen molar-refractivity contribution in [3.05, 3.63) is 11.6 Å². The summed E-state index contributed by atoms with van der Waals surface area (Å²) in [6.07, 6.45) is 3.62. The molecule has 0 aliphatic rings. The summed E-state index contributed by atoms with van der Waals surface area (Å²) in [7, 11) is -2.10. The maximum atomic E-state index is 11.8. The molecule has 0 saturated carbocycles. The molecule has 0 aromatic carbocycles. The highest BCUT2D eigenvalue weighted by atomic mass is 28.3. The summed E-state index contributed by atoms with van der Waals surface area (Å²) in [5.41, 5.74) is 1.15. The summed E-state index contributed by atoms with van der Waals surface area (Å²) in [5.74, 6) is -2.24. The van der Waals surface area contributed by atoms with E-state index < -0.39 is 20.0 Å². The first kappa shape index (κ1) is 21.9. The van der Waals surface area contributed by atoms with Gasteiger partial charge in [0.25, 0.3) is 0 Å². The molecule has 5 heteroatoms. The SMILES string of the molecule is CCCCC(/C(=C/C(=O)O)C(=O)O)[Si](C(C)C)(C(C)C)C(C)C. The Balaban J connectivity index is 6.37.